The number of nitrogens with zero attached hydrogens (tertiary/aromatic N) is 2. The van der Waals surface area contributed by atoms with Gasteiger partial charge >= 0.3 is 0 Å². The number of allylic oxidation sites excluding steroid dienone is 1. The van der Waals surface area contributed by atoms with Gasteiger partial charge in [0.2, 0.25) is 5.28 Å². The van der Waals surface area contributed by atoms with E-state index in [1.165, 1.54) is 5.57 Å². The SMILES string of the molecule is CC(C)=CCNc1cc(Cl)nc(Cl)n1. The molecule has 1 N–H and O–H groups in total. The normalized spacial score (nSPS) is 9.71. The minimum Gasteiger partial charge on any atom is -0.366 e. The van der Waals surface area contributed by atoms with E-state index in [2.05, 4.69) is 15.3 Å². The third-order valence-corrected chi connectivity index (χ3v) is 1.82. The Kier molecular flexibility index (Phi) is 4.17. The van der Waals surface area contributed by atoms with Gasteiger partial charge in [-0.2, -0.15) is 0 Å². The minimum atomic E-state index is 0.150. The quantitative estimate of drug-likeness (QED) is 0.494. The lowest BCUT2D eigenvalue weighted by Crippen LogP contribution is -2.01. The molecule has 1 aromatic heterocycles. The number of anilines is 1. The predicted octanol–water partition coefficient (Wildman–Crippen LogP) is 3.16. The van der Waals surface area contributed by atoms with Crippen molar-refractivity contribution < 1.29 is 0 Å². The highest BCUT2D eigenvalue weighted by atomic mass is 35.5. The van der Waals surface area contributed by atoms with Gasteiger partial charge in [-0.25, -0.2) is 9.97 Å². The van der Waals surface area contributed by atoms with Crippen LogP contribution in [0.3, 0.4) is 0 Å². The van der Waals surface area contributed by atoms with E-state index in [1.54, 1.807) is 6.07 Å². The van der Waals surface area contributed by atoms with Gasteiger partial charge in [-0.05, 0) is 25.4 Å². The van der Waals surface area contributed by atoms with E-state index in [1.807, 2.05) is 19.9 Å². The maximum atomic E-state index is 5.70. The van der Waals surface area contributed by atoms with Gasteiger partial charge < -0.3 is 5.32 Å². The highest BCUT2D eigenvalue weighted by Crippen LogP contribution is 2.13. The molecule has 0 aliphatic rings. The molecule has 76 valence electrons. The van der Waals surface area contributed by atoms with E-state index in [-0.39, 0.29) is 5.28 Å². The van der Waals surface area contributed by atoms with Gasteiger partial charge in [-0.1, -0.05) is 23.3 Å². The Balaban J connectivity index is 2.63. The lowest BCUT2D eigenvalue weighted by atomic mass is 10.3. The van der Waals surface area contributed by atoms with Crippen molar-refractivity contribution >= 4 is 29.0 Å². The lowest BCUT2D eigenvalue weighted by molar-refractivity contribution is 1.13. The fourth-order valence-electron chi connectivity index (χ4n) is 0.840. The van der Waals surface area contributed by atoms with Gasteiger partial charge in [-0.3, -0.25) is 0 Å². The molecule has 0 radical (unpaired) electrons. The Labute approximate surface area is 93.2 Å². The van der Waals surface area contributed by atoms with E-state index < -0.39 is 0 Å². The summed E-state index contributed by atoms with van der Waals surface area (Å²) in [4.78, 5) is 7.70. The number of halogens is 2. The molecule has 0 saturated carbocycles. The molecule has 0 atom stereocenters. The second-order valence-corrected chi connectivity index (χ2v) is 3.73. The van der Waals surface area contributed by atoms with Gasteiger partial charge in [0.15, 0.2) is 0 Å². The maximum Gasteiger partial charge on any atom is 0.225 e. The molecule has 0 spiro atoms. The molecule has 1 rings (SSSR count). The third-order valence-electron chi connectivity index (χ3n) is 1.46. The van der Waals surface area contributed by atoms with Crippen LogP contribution in [0.1, 0.15) is 13.8 Å². The number of rotatable bonds is 3. The van der Waals surface area contributed by atoms with Crippen molar-refractivity contribution in [3.05, 3.63) is 28.2 Å². The van der Waals surface area contributed by atoms with Crippen LogP contribution in [0.2, 0.25) is 10.4 Å². The van der Waals surface area contributed by atoms with E-state index in [9.17, 15) is 0 Å². The van der Waals surface area contributed by atoms with Gasteiger partial charge in [0.25, 0.3) is 0 Å². The average molecular weight is 232 g/mol. The summed E-state index contributed by atoms with van der Waals surface area (Å²) in [5, 5.41) is 3.55. The van der Waals surface area contributed by atoms with Crippen LogP contribution in [0.4, 0.5) is 5.82 Å². The van der Waals surface area contributed by atoms with E-state index in [4.69, 9.17) is 23.2 Å². The standard InChI is InChI=1S/C9H11Cl2N3/c1-6(2)3-4-12-8-5-7(10)13-9(11)14-8/h3,5H,4H2,1-2H3,(H,12,13,14). The molecule has 0 aromatic carbocycles. The molecule has 1 heterocycles. The second kappa shape index (κ2) is 5.17. The zero-order chi connectivity index (χ0) is 10.6. The minimum absolute atomic E-state index is 0.150. The van der Waals surface area contributed by atoms with Gasteiger partial charge in [0.1, 0.15) is 11.0 Å². The number of aromatic nitrogens is 2. The summed E-state index contributed by atoms with van der Waals surface area (Å²) in [6.07, 6.45) is 2.05. The predicted molar refractivity (Wildman–Crippen MR) is 60.0 cm³/mol. The third kappa shape index (κ3) is 3.94. The summed E-state index contributed by atoms with van der Waals surface area (Å²) in [6, 6.07) is 1.63. The molecule has 0 aliphatic carbocycles. The second-order valence-electron chi connectivity index (χ2n) is 3.01. The number of nitrogens with one attached hydrogen (secondary N) is 1. The van der Waals surface area contributed by atoms with Crippen molar-refractivity contribution in [2.75, 3.05) is 11.9 Å². The summed E-state index contributed by atoms with van der Waals surface area (Å²) in [7, 11) is 0. The van der Waals surface area contributed by atoms with Crippen LogP contribution in [-0.2, 0) is 0 Å². The Hall–Kier alpha value is -0.800. The van der Waals surface area contributed by atoms with Crippen molar-refractivity contribution in [1.29, 1.82) is 0 Å². The molecule has 0 aliphatic heterocycles. The lowest BCUT2D eigenvalue weighted by Gasteiger charge is -2.02. The molecule has 0 amide bonds. The first kappa shape index (κ1) is 11.3. The summed E-state index contributed by atoms with van der Waals surface area (Å²) in [6.45, 7) is 4.76. The van der Waals surface area contributed by atoms with Crippen LogP contribution in [0, 0.1) is 0 Å². The largest absolute Gasteiger partial charge is 0.366 e. The van der Waals surface area contributed by atoms with Crippen LogP contribution in [-0.4, -0.2) is 16.5 Å². The molecular formula is C9H11Cl2N3. The fourth-order valence-corrected chi connectivity index (χ4v) is 1.25. The Morgan fingerprint density at radius 3 is 2.71 bits per heavy atom. The Bertz CT molecular complexity index is 326. The molecule has 1 aromatic rings. The van der Waals surface area contributed by atoms with Gasteiger partial charge in [0.05, 0.1) is 0 Å². The molecule has 0 unspecified atom stereocenters. The van der Waals surface area contributed by atoms with E-state index in [0.717, 1.165) is 0 Å². The van der Waals surface area contributed by atoms with Crippen LogP contribution < -0.4 is 5.32 Å². The first-order chi connectivity index (χ1) is 6.58. The average Bonchev–Trinajstić information content (AvgIpc) is 2.01. The smallest absolute Gasteiger partial charge is 0.225 e. The molecular weight excluding hydrogens is 221 g/mol. The van der Waals surface area contributed by atoms with Crippen LogP contribution in [0.5, 0.6) is 0 Å². The molecule has 3 nitrogen and oxygen atoms in total. The Morgan fingerprint density at radius 2 is 2.14 bits per heavy atom. The van der Waals surface area contributed by atoms with Crippen molar-refractivity contribution in [3.8, 4) is 0 Å². The summed E-state index contributed by atoms with van der Waals surface area (Å²) in [5.41, 5.74) is 1.24. The molecule has 0 bridgehead atoms. The van der Waals surface area contributed by atoms with Crippen LogP contribution in [0.25, 0.3) is 0 Å². The first-order valence-electron chi connectivity index (χ1n) is 4.15. The summed E-state index contributed by atoms with van der Waals surface area (Å²) < 4.78 is 0. The fraction of sp³-hybridized carbons (Fsp3) is 0.333. The van der Waals surface area contributed by atoms with E-state index in [0.29, 0.717) is 17.5 Å². The molecule has 0 fully saturated rings. The van der Waals surface area contributed by atoms with Crippen molar-refractivity contribution in [1.82, 2.24) is 9.97 Å². The van der Waals surface area contributed by atoms with E-state index >= 15 is 0 Å². The van der Waals surface area contributed by atoms with Crippen LogP contribution >= 0.6 is 23.2 Å². The van der Waals surface area contributed by atoms with Crippen molar-refractivity contribution in [2.24, 2.45) is 0 Å². The highest BCUT2D eigenvalue weighted by Gasteiger charge is 1.98. The summed E-state index contributed by atoms with van der Waals surface area (Å²) in [5.74, 6) is 0.632. The first-order valence-corrected chi connectivity index (χ1v) is 4.91. The topological polar surface area (TPSA) is 37.8 Å². The van der Waals surface area contributed by atoms with Gasteiger partial charge in [-0.15, -0.1) is 0 Å². The molecule has 14 heavy (non-hydrogen) atoms. The summed E-state index contributed by atoms with van der Waals surface area (Å²) >= 11 is 11.3. The van der Waals surface area contributed by atoms with Crippen molar-refractivity contribution in [3.63, 3.8) is 0 Å². The zero-order valence-corrected chi connectivity index (χ0v) is 9.52. The maximum absolute atomic E-state index is 5.70. The highest BCUT2D eigenvalue weighted by molar-refractivity contribution is 6.32. The Morgan fingerprint density at radius 1 is 1.43 bits per heavy atom. The van der Waals surface area contributed by atoms with Gasteiger partial charge in [0, 0.05) is 12.6 Å². The van der Waals surface area contributed by atoms with Crippen molar-refractivity contribution in [2.45, 2.75) is 13.8 Å². The van der Waals surface area contributed by atoms with Crippen LogP contribution in [0.15, 0.2) is 17.7 Å². The molecule has 5 heteroatoms. The number of hydrogen-bond acceptors (Lipinski definition) is 3. The number of hydrogen-bond donors (Lipinski definition) is 1. The monoisotopic (exact) mass is 231 g/mol. The zero-order valence-electron chi connectivity index (χ0n) is 8.01. The molecule has 0 saturated heterocycles.